The number of rotatable bonds is 4. The first-order valence-electron chi connectivity index (χ1n) is 7.49. The lowest BCUT2D eigenvalue weighted by Crippen LogP contribution is -2.29. The van der Waals surface area contributed by atoms with Crippen LogP contribution in [0.4, 0.5) is 0 Å². The molecule has 1 fully saturated rings. The monoisotopic (exact) mass is 342 g/mol. The Kier molecular flexibility index (Phi) is 3.86. The van der Waals surface area contributed by atoms with Gasteiger partial charge in [-0.3, -0.25) is 0 Å². The Morgan fingerprint density at radius 2 is 1.71 bits per heavy atom. The molecule has 6 heteroatoms. The highest BCUT2D eigenvalue weighted by Crippen LogP contribution is 2.55. The minimum absolute atomic E-state index is 0.194. The molecule has 3 atom stereocenters. The molecular formula is C18H18N2O3S. The summed E-state index contributed by atoms with van der Waals surface area (Å²) in [6.45, 7) is 1.89. The lowest BCUT2D eigenvalue weighted by molar-refractivity contribution is 0.414. The number of nitriles is 1. The first-order valence-corrected chi connectivity index (χ1v) is 9.04. The summed E-state index contributed by atoms with van der Waals surface area (Å²) in [6.07, 6.45) is 0. The van der Waals surface area contributed by atoms with E-state index in [0.29, 0.717) is 5.75 Å². The number of nitrogens with two attached hydrogens (primary N) is 1. The highest BCUT2D eigenvalue weighted by Gasteiger charge is 2.70. The summed E-state index contributed by atoms with van der Waals surface area (Å²) in [5, 5.41) is 8.51. The van der Waals surface area contributed by atoms with Crippen molar-refractivity contribution in [3.05, 3.63) is 59.7 Å². The van der Waals surface area contributed by atoms with Crippen molar-refractivity contribution in [2.45, 2.75) is 28.5 Å². The average Bonchev–Trinajstić information content (AvgIpc) is 3.23. The largest absolute Gasteiger partial charge is 0.497 e. The Labute approximate surface area is 141 Å². The van der Waals surface area contributed by atoms with Crippen molar-refractivity contribution in [3.63, 3.8) is 0 Å². The molecule has 3 rings (SSSR count). The van der Waals surface area contributed by atoms with Gasteiger partial charge in [-0.2, -0.15) is 5.26 Å². The zero-order valence-corrected chi connectivity index (χ0v) is 14.2. The Balaban J connectivity index is 2.00. The molecule has 1 aliphatic rings. The van der Waals surface area contributed by atoms with Crippen molar-refractivity contribution < 1.29 is 13.2 Å². The molecule has 0 aromatic heterocycles. The minimum Gasteiger partial charge on any atom is -0.497 e. The number of methoxy groups -OCH3 is 1. The number of nitrogens with zero attached hydrogens (tertiary/aromatic N) is 1. The second-order valence-corrected chi connectivity index (χ2v) is 8.14. The summed E-state index contributed by atoms with van der Waals surface area (Å²) in [4.78, 5) is 0.194. The first-order chi connectivity index (χ1) is 11.3. The summed E-state index contributed by atoms with van der Waals surface area (Å²) >= 11 is 0. The molecular weight excluding hydrogens is 324 g/mol. The van der Waals surface area contributed by atoms with E-state index >= 15 is 0 Å². The molecule has 1 aliphatic carbocycles. The van der Waals surface area contributed by atoms with Crippen LogP contribution in [0.5, 0.6) is 5.75 Å². The van der Waals surface area contributed by atoms with E-state index in [1.165, 1.54) is 0 Å². The van der Waals surface area contributed by atoms with Gasteiger partial charge < -0.3 is 10.5 Å². The molecule has 2 aromatic carbocycles. The summed E-state index contributed by atoms with van der Waals surface area (Å²) in [6, 6.07) is 15.6. The molecule has 1 saturated carbocycles. The Hall–Kier alpha value is -2.36. The molecule has 0 bridgehead atoms. The third kappa shape index (κ3) is 2.46. The average molecular weight is 342 g/mol. The van der Waals surface area contributed by atoms with E-state index in [2.05, 4.69) is 0 Å². The fourth-order valence-corrected chi connectivity index (χ4v) is 5.26. The highest BCUT2D eigenvalue weighted by molar-refractivity contribution is 7.92. The second-order valence-electron chi connectivity index (χ2n) is 6.07. The minimum atomic E-state index is -3.69. The van der Waals surface area contributed by atoms with Crippen molar-refractivity contribution in [2.75, 3.05) is 7.11 Å². The number of hydrogen-bond acceptors (Lipinski definition) is 5. The van der Waals surface area contributed by atoms with Gasteiger partial charge in [0.25, 0.3) is 0 Å². The van der Waals surface area contributed by atoms with Gasteiger partial charge in [0.1, 0.15) is 16.5 Å². The van der Waals surface area contributed by atoms with Crippen LogP contribution in [0.1, 0.15) is 17.0 Å². The van der Waals surface area contributed by atoms with Crippen molar-refractivity contribution in [1.82, 2.24) is 0 Å². The van der Waals surface area contributed by atoms with Crippen molar-refractivity contribution in [2.24, 2.45) is 5.73 Å². The molecule has 24 heavy (non-hydrogen) atoms. The van der Waals surface area contributed by atoms with Crippen LogP contribution < -0.4 is 10.5 Å². The van der Waals surface area contributed by atoms with Crippen LogP contribution in [0, 0.1) is 18.3 Å². The van der Waals surface area contributed by atoms with E-state index < -0.39 is 26.5 Å². The molecule has 0 unspecified atom stereocenters. The standard InChI is InChI=1S/C18H18N2O3S/c1-12-3-9-15(10-4-12)24(21,22)17-16(18(17,20)11-19)13-5-7-14(23-2)8-6-13/h3-10,16-17H,20H2,1-2H3/t16-,17+,18+/m1/s1. The van der Waals surface area contributed by atoms with Gasteiger partial charge in [-0.05, 0) is 36.8 Å². The molecule has 5 nitrogen and oxygen atoms in total. The van der Waals surface area contributed by atoms with Crippen LogP contribution in [0.25, 0.3) is 0 Å². The van der Waals surface area contributed by atoms with Crippen molar-refractivity contribution in [1.29, 1.82) is 5.26 Å². The zero-order chi connectivity index (χ0) is 17.5. The van der Waals surface area contributed by atoms with Gasteiger partial charge in [-0.15, -0.1) is 0 Å². The van der Waals surface area contributed by atoms with Gasteiger partial charge in [-0.1, -0.05) is 29.8 Å². The smallest absolute Gasteiger partial charge is 0.184 e. The molecule has 0 radical (unpaired) electrons. The summed E-state index contributed by atoms with van der Waals surface area (Å²) in [5.74, 6) is 0.108. The number of hydrogen-bond donors (Lipinski definition) is 1. The van der Waals surface area contributed by atoms with E-state index in [1.807, 2.05) is 13.0 Å². The van der Waals surface area contributed by atoms with E-state index in [1.54, 1.807) is 55.6 Å². The molecule has 0 saturated heterocycles. The quantitative estimate of drug-likeness (QED) is 0.919. The van der Waals surface area contributed by atoms with Crippen LogP contribution in [0.3, 0.4) is 0 Å². The van der Waals surface area contributed by atoms with E-state index in [-0.39, 0.29) is 4.90 Å². The van der Waals surface area contributed by atoms with E-state index in [4.69, 9.17) is 10.5 Å². The Morgan fingerprint density at radius 1 is 1.12 bits per heavy atom. The van der Waals surface area contributed by atoms with E-state index in [0.717, 1.165) is 11.1 Å². The number of sulfone groups is 1. The van der Waals surface area contributed by atoms with Crippen LogP contribution in [0.15, 0.2) is 53.4 Å². The fourth-order valence-electron chi connectivity index (χ4n) is 3.08. The molecule has 0 amide bonds. The molecule has 2 N–H and O–H groups in total. The lowest BCUT2D eigenvalue weighted by Gasteiger charge is -2.05. The maximum absolute atomic E-state index is 12.9. The third-order valence-corrected chi connectivity index (χ3v) is 6.79. The predicted molar refractivity (Wildman–Crippen MR) is 90.4 cm³/mol. The van der Waals surface area contributed by atoms with Crippen LogP contribution in [-0.4, -0.2) is 26.3 Å². The van der Waals surface area contributed by atoms with Crippen molar-refractivity contribution >= 4 is 9.84 Å². The number of aryl methyl sites for hydroxylation is 1. The van der Waals surface area contributed by atoms with Crippen LogP contribution >= 0.6 is 0 Å². The highest BCUT2D eigenvalue weighted by atomic mass is 32.2. The molecule has 0 heterocycles. The maximum atomic E-state index is 12.9. The molecule has 124 valence electrons. The predicted octanol–water partition coefficient (Wildman–Crippen LogP) is 2.16. The van der Waals surface area contributed by atoms with Crippen molar-refractivity contribution in [3.8, 4) is 11.8 Å². The molecule has 0 aliphatic heterocycles. The van der Waals surface area contributed by atoms with Gasteiger partial charge in [0, 0.05) is 5.92 Å². The van der Waals surface area contributed by atoms with Gasteiger partial charge in [0.15, 0.2) is 9.84 Å². The summed E-state index contributed by atoms with van der Waals surface area (Å²) in [5.41, 5.74) is 6.39. The second kappa shape index (κ2) is 5.62. The van der Waals surface area contributed by atoms with Gasteiger partial charge in [0.2, 0.25) is 0 Å². The SMILES string of the molecule is COc1ccc([C@@H]2[C@H](S(=O)(=O)c3ccc(C)cc3)[C@]2(N)C#N)cc1. The fraction of sp³-hybridized carbons (Fsp3) is 0.278. The number of benzene rings is 2. The van der Waals surface area contributed by atoms with Gasteiger partial charge in [0.05, 0.1) is 18.1 Å². The summed E-state index contributed by atoms with van der Waals surface area (Å²) in [7, 11) is -2.14. The van der Waals surface area contributed by atoms with Crippen LogP contribution in [-0.2, 0) is 9.84 Å². The maximum Gasteiger partial charge on any atom is 0.184 e. The molecule has 2 aromatic rings. The molecule has 0 spiro atoms. The summed E-state index contributed by atoms with van der Waals surface area (Å²) < 4.78 is 31.0. The Morgan fingerprint density at radius 3 is 2.21 bits per heavy atom. The zero-order valence-electron chi connectivity index (χ0n) is 13.4. The third-order valence-electron chi connectivity index (χ3n) is 4.53. The normalized spacial score (nSPS) is 25.8. The first kappa shape index (κ1) is 16.5. The van der Waals surface area contributed by atoms with Crippen LogP contribution in [0.2, 0.25) is 0 Å². The lowest BCUT2D eigenvalue weighted by atomic mass is 10.1. The van der Waals surface area contributed by atoms with Gasteiger partial charge in [-0.25, -0.2) is 8.42 Å². The van der Waals surface area contributed by atoms with Gasteiger partial charge >= 0.3 is 0 Å². The topological polar surface area (TPSA) is 93.2 Å². The Bertz CT molecular complexity index is 899. The van der Waals surface area contributed by atoms with E-state index in [9.17, 15) is 13.7 Å². The number of ether oxygens (including phenoxy) is 1.